The molecule has 1 N–H and O–H groups in total. The molecule has 0 radical (unpaired) electrons. The Hall–Kier alpha value is -2.96. The summed E-state index contributed by atoms with van der Waals surface area (Å²) in [5.74, 6) is 1.06. The zero-order valence-corrected chi connectivity index (χ0v) is 16.5. The molecule has 3 rings (SSSR count). The lowest BCUT2D eigenvalue weighted by molar-refractivity contribution is 0.0929. The molecule has 2 heterocycles. The van der Waals surface area contributed by atoms with E-state index in [1.54, 1.807) is 4.68 Å². The number of benzene rings is 1. The van der Waals surface area contributed by atoms with Crippen LogP contribution >= 0.6 is 0 Å². The van der Waals surface area contributed by atoms with Gasteiger partial charge < -0.3 is 5.32 Å². The maximum absolute atomic E-state index is 12.8. The van der Waals surface area contributed by atoms with Crippen LogP contribution in [-0.2, 0) is 7.05 Å². The van der Waals surface area contributed by atoms with Gasteiger partial charge in [0.25, 0.3) is 5.91 Å². The van der Waals surface area contributed by atoms with Crippen LogP contribution in [0.2, 0.25) is 0 Å². The predicted molar refractivity (Wildman–Crippen MR) is 104 cm³/mol. The standard InChI is InChI=1S/C20H26N6O/c1-13(2)10-18(19-21-12-22-25(19)5)23-20(27)16-6-8-17(9-7-16)26-15(4)11-14(3)24-26/h6-9,11-13,18H,10H2,1-5H3,(H,23,27)/t18-/m1/s1. The maximum atomic E-state index is 12.8. The molecular weight excluding hydrogens is 340 g/mol. The minimum absolute atomic E-state index is 0.122. The summed E-state index contributed by atoms with van der Waals surface area (Å²) >= 11 is 0. The van der Waals surface area contributed by atoms with Crippen molar-refractivity contribution in [1.82, 2.24) is 29.9 Å². The Morgan fingerprint density at radius 3 is 2.41 bits per heavy atom. The number of amides is 1. The van der Waals surface area contributed by atoms with Crippen molar-refractivity contribution in [2.45, 2.75) is 40.2 Å². The molecule has 0 unspecified atom stereocenters. The van der Waals surface area contributed by atoms with E-state index in [0.29, 0.717) is 11.5 Å². The molecule has 27 heavy (non-hydrogen) atoms. The van der Waals surface area contributed by atoms with E-state index in [1.807, 2.05) is 55.9 Å². The highest BCUT2D eigenvalue weighted by Crippen LogP contribution is 2.20. The normalized spacial score (nSPS) is 12.4. The van der Waals surface area contributed by atoms with Crippen molar-refractivity contribution in [2.75, 3.05) is 0 Å². The summed E-state index contributed by atoms with van der Waals surface area (Å²) in [6.07, 6.45) is 2.31. The predicted octanol–water partition coefficient (Wildman–Crippen LogP) is 3.13. The number of nitrogens with zero attached hydrogens (tertiary/aromatic N) is 5. The molecular formula is C20H26N6O. The van der Waals surface area contributed by atoms with E-state index in [-0.39, 0.29) is 11.9 Å². The van der Waals surface area contributed by atoms with Crippen molar-refractivity contribution < 1.29 is 4.79 Å². The van der Waals surface area contributed by atoms with E-state index in [2.05, 4.69) is 34.3 Å². The Morgan fingerprint density at radius 1 is 1.19 bits per heavy atom. The molecule has 0 fully saturated rings. The summed E-state index contributed by atoms with van der Waals surface area (Å²) in [6, 6.07) is 9.31. The lowest BCUT2D eigenvalue weighted by Crippen LogP contribution is -2.31. The van der Waals surface area contributed by atoms with Gasteiger partial charge in [0.1, 0.15) is 12.2 Å². The highest BCUT2D eigenvalue weighted by molar-refractivity contribution is 5.94. The number of nitrogens with one attached hydrogen (secondary N) is 1. The molecule has 0 spiro atoms. The average Bonchev–Trinajstić information content (AvgIpc) is 3.18. The molecule has 0 saturated carbocycles. The average molecular weight is 366 g/mol. The third-order valence-electron chi connectivity index (χ3n) is 4.45. The molecule has 1 aromatic carbocycles. The molecule has 7 nitrogen and oxygen atoms in total. The van der Waals surface area contributed by atoms with Gasteiger partial charge in [-0.1, -0.05) is 13.8 Å². The Bertz CT molecular complexity index is 922. The molecule has 0 aliphatic rings. The lowest BCUT2D eigenvalue weighted by Gasteiger charge is -2.20. The van der Waals surface area contributed by atoms with E-state index in [1.165, 1.54) is 6.33 Å². The first-order chi connectivity index (χ1) is 12.8. The van der Waals surface area contributed by atoms with E-state index >= 15 is 0 Å². The number of carbonyl (C=O) groups excluding carboxylic acids is 1. The van der Waals surface area contributed by atoms with Gasteiger partial charge in [-0.3, -0.25) is 9.48 Å². The van der Waals surface area contributed by atoms with E-state index in [0.717, 1.165) is 29.3 Å². The van der Waals surface area contributed by atoms with Crippen molar-refractivity contribution in [2.24, 2.45) is 13.0 Å². The van der Waals surface area contributed by atoms with Crippen molar-refractivity contribution in [1.29, 1.82) is 0 Å². The Kier molecular flexibility index (Phi) is 5.39. The monoisotopic (exact) mass is 366 g/mol. The molecule has 1 atom stereocenters. The molecule has 142 valence electrons. The Morgan fingerprint density at radius 2 is 1.89 bits per heavy atom. The molecule has 7 heteroatoms. The summed E-state index contributed by atoms with van der Waals surface area (Å²) in [5, 5.41) is 11.7. The Balaban J connectivity index is 1.78. The fourth-order valence-electron chi connectivity index (χ4n) is 3.21. The molecule has 0 bridgehead atoms. The van der Waals surface area contributed by atoms with Crippen LogP contribution in [0.1, 0.15) is 53.9 Å². The fourth-order valence-corrected chi connectivity index (χ4v) is 3.21. The largest absolute Gasteiger partial charge is 0.342 e. The van der Waals surface area contributed by atoms with Gasteiger partial charge in [-0.25, -0.2) is 9.67 Å². The molecule has 3 aromatic rings. The SMILES string of the molecule is Cc1cc(C)n(-c2ccc(C(=O)N[C@H](CC(C)C)c3ncnn3C)cc2)n1. The third-order valence-corrected chi connectivity index (χ3v) is 4.45. The third kappa shape index (κ3) is 4.24. The fraction of sp³-hybridized carbons (Fsp3) is 0.400. The number of rotatable bonds is 6. The van der Waals surface area contributed by atoms with Gasteiger partial charge in [0.15, 0.2) is 0 Å². The number of hydrogen-bond acceptors (Lipinski definition) is 4. The van der Waals surface area contributed by atoms with Gasteiger partial charge in [-0.15, -0.1) is 0 Å². The number of carbonyl (C=O) groups is 1. The van der Waals surface area contributed by atoms with E-state index in [4.69, 9.17) is 0 Å². The van der Waals surface area contributed by atoms with Crippen LogP contribution in [-0.4, -0.2) is 30.5 Å². The van der Waals surface area contributed by atoms with Crippen LogP contribution in [0, 0.1) is 19.8 Å². The quantitative estimate of drug-likeness (QED) is 0.727. The number of hydrogen-bond donors (Lipinski definition) is 1. The summed E-state index contributed by atoms with van der Waals surface area (Å²) < 4.78 is 3.58. The van der Waals surface area contributed by atoms with Crippen molar-refractivity contribution in [3.8, 4) is 5.69 Å². The summed E-state index contributed by atoms with van der Waals surface area (Å²) in [4.78, 5) is 17.1. The maximum Gasteiger partial charge on any atom is 0.251 e. The first-order valence-corrected chi connectivity index (χ1v) is 9.13. The molecule has 0 aliphatic carbocycles. The second-order valence-corrected chi connectivity index (χ2v) is 7.28. The minimum Gasteiger partial charge on any atom is -0.342 e. The van der Waals surface area contributed by atoms with Crippen molar-refractivity contribution in [3.05, 3.63) is 59.4 Å². The Labute approximate surface area is 159 Å². The number of aryl methyl sites for hydroxylation is 3. The van der Waals surface area contributed by atoms with Crippen LogP contribution in [0.3, 0.4) is 0 Å². The van der Waals surface area contributed by atoms with Gasteiger partial charge in [0, 0.05) is 18.3 Å². The zero-order valence-electron chi connectivity index (χ0n) is 16.5. The summed E-state index contributed by atoms with van der Waals surface area (Å²) in [5.41, 5.74) is 3.57. The van der Waals surface area contributed by atoms with Crippen molar-refractivity contribution in [3.63, 3.8) is 0 Å². The molecule has 0 aliphatic heterocycles. The smallest absolute Gasteiger partial charge is 0.251 e. The van der Waals surface area contributed by atoms with Crippen LogP contribution < -0.4 is 5.32 Å². The second-order valence-electron chi connectivity index (χ2n) is 7.28. The van der Waals surface area contributed by atoms with E-state index in [9.17, 15) is 4.79 Å². The van der Waals surface area contributed by atoms with Gasteiger partial charge in [0.05, 0.1) is 17.4 Å². The van der Waals surface area contributed by atoms with Gasteiger partial charge in [-0.05, 0) is 56.5 Å². The summed E-state index contributed by atoms with van der Waals surface area (Å²) in [6.45, 7) is 8.22. The van der Waals surface area contributed by atoms with E-state index < -0.39 is 0 Å². The highest BCUT2D eigenvalue weighted by atomic mass is 16.1. The van der Waals surface area contributed by atoms with Crippen LogP contribution in [0.25, 0.3) is 5.69 Å². The highest BCUT2D eigenvalue weighted by Gasteiger charge is 2.21. The first kappa shape index (κ1) is 18.8. The van der Waals surface area contributed by atoms with Gasteiger partial charge >= 0.3 is 0 Å². The molecule has 2 aromatic heterocycles. The zero-order chi connectivity index (χ0) is 19.6. The molecule has 1 amide bonds. The minimum atomic E-state index is -0.180. The van der Waals surface area contributed by atoms with Crippen LogP contribution in [0.5, 0.6) is 0 Å². The lowest BCUT2D eigenvalue weighted by atomic mass is 10.0. The molecule has 0 saturated heterocycles. The first-order valence-electron chi connectivity index (χ1n) is 9.13. The van der Waals surface area contributed by atoms with Crippen LogP contribution in [0.4, 0.5) is 0 Å². The van der Waals surface area contributed by atoms with Crippen LogP contribution in [0.15, 0.2) is 36.7 Å². The van der Waals surface area contributed by atoms with Gasteiger partial charge in [-0.2, -0.15) is 10.2 Å². The van der Waals surface area contributed by atoms with Gasteiger partial charge in [0.2, 0.25) is 0 Å². The number of aromatic nitrogens is 5. The van der Waals surface area contributed by atoms with Crippen molar-refractivity contribution >= 4 is 5.91 Å². The second kappa shape index (κ2) is 7.73. The summed E-state index contributed by atoms with van der Waals surface area (Å²) in [7, 11) is 1.84. The topological polar surface area (TPSA) is 77.6 Å².